The van der Waals surface area contributed by atoms with Crippen molar-refractivity contribution in [1.29, 1.82) is 0 Å². The summed E-state index contributed by atoms with van der Waals surface area (Å²) in [6.07, 6.45) is 0.406. The number of hydrogen-bond acceptors (Lipinski definition) is 4. The average Bonchev–Trinajstić information content (AvgIpc) is 2.56. The summed E-state index contributed by atoms with van der Waals surface area (Å²) in [4.78, 5) is 27.8. The van der Waals surface area contributed by atoms with Crippen molar-refractivity contribution in [2.75, 3.05) is 32.2 Å². The maximum absolute atomic E-state index is 12.6. The van der Waals surface area contributed by atoms with Gasteiger partial charge in [0.2, 0.25) is 11.8 Å². The number of methoxy groups -OCH3 is 2. The second-order valence-electron chi connectivity index (χ2n) is 5.14. The first-order chi connectivity index (χ1) is 10.5. The summed E-state index contributed by atoms with van der Waals surface area (Å²) in [5, 5.41) is 0. The highest BCUT2D eigenvalue weighted by molar-refractivity contribution is 6.01. The normalized spacial score (nSPS) is 18.4. The molecule has 0 aliphatic carbocycles. The zero-order chi connectivity index (χ0) is 16.3. The molecule has 22 heavy (non-hydrogen) atoms. The zero-order valence-electron chi connectivity index (χ0n) is 13.5. The summed E-state index contributed by atoms with van der Waals surface area (Å²) >= 11 is 0. The van der Waals surface area contributed by atoms with E-state index >= 15 is 0 Å². The first kappa shape index (κ1) is 16.1. The standard InChI is InChI=1S/C16H22N2O4/c1-5-15(19)17-8-9-18(16(20)11(17)2)13-7-6-12(21-3)10-14(13)22-4/h6-7,10-11H,5,8-9H2,1-4H3/t11-/m1/s1. The Kier molecular flexibility index (Phi) is 4.90. The molecule has 0 saturated carbocycles. The number of carbonyl (C=O) groups excluding carboxylic acids is 2. The third-order valence-corrected chi connectivity index (χ3v) is 3.96. The number of ether oxygens (including phenoxy) is 2. The third-order valence-electron chi connectivity index (χ3n) is 3.96. The fourth-order valence-electron chi connectivity index (χ4n) is 2.66. The van der Waals surface area contributed by atoms with Crippen LogP contribution in [0.2, 0.25) is 0 Å². The highest BCUT2D eigenvalue weighted by atomic mass is 16.5. The lowest BCUT2D eigenvalue weighted by Crippen LogP contribution is -2.57. The van der Waals surface area contributed by atoms with Crippen molar-refractivity contribution in [2.24, 2.45) is 0 Å². The smallest absolute Gasteiger partial charge is 0.249 e. The van der Waals surface area contributed by atoms with Gasteiger partial charge < -0.3 is 19.3 Å². The summed E-state index contributed by atoms with van der Waals surface area (Å²) in [5.41, 5.74) is 0.698. The Labute approximate surface area is 130 Å². The van der Waals surface area contributed by atoms with Crippen molar-refractivity contribution in [3.05, 3.63) is 18.2 Å². The van der Waals surface area contributed by atoms with Crippen molar-refractivity contribution >= 4 is 17.5 Å². The van der Waals surface area contributed by atoms with Gasteiger partial charge in [0.05, 0.1) is 19.9 Å². The first-order valence-corrected chi connectivity index (χ1v) is 7.36. The van der Waals surface area contributed by atoms with Gasteiger partial charge >= 0.3 is 0 Å². The molecule has 1 heterocycles. The molecule has 6 heteroatoms. The Balaban J connectivity index is 2.28. The Bertz CT molecular complexity index is 573. The van der Waals surface area contributed by atoms with Gasteiger partial charge in [-0.25, -0.2) is 0 Å². The molecule has 1 aliphatic rings. The molecule has 0 aromatic heterocycles. The lowest BCUT2D eigenvalue weighted by molar-refractivity contribution is -0.140. The minimum atomic E-state index is -0.465. The fraction of sp³-hybridized carbons (Fsp3) is 0.500. The van der Waals surface area contributed by atoms with Crippen molar-refractivity contribution in [3.8, 4) is 11.5 Å². The van der Waals surface area contributed by atoms with Crippen LogP contribution in [0, 0.1) is 0 Å². The van der Waals surface area contributed by atoms with E-state index in [0.29, 0.717) is 36.7 Å². The molecule has 0 radical (unpaired) electrons. The Morgan fingerprint density at radius 1 is 1.27 bits per heavy atom. The van der Waals surface area contributed by atoms with E-state index in [1.165, 1.54) is 0 Å². The highest BCUT2D eigenvalue weighted by Gasteiger charge is 2.35. The summed E-state index contributed by atoms with van der Waals surface area (Å²) in [6, 6.07) is 4.88. The van der Waals surface area contributed by atoms with Crippen LogP contribution in [-0.2, 0) is 9.59 Å². The highest BCUT2D eigenvalue weighted by Crippen LogP contribution is 2.33. The molecule has 0 spiro atoms. The Morgan fingerprint density at radius 2 is 2.00 bits per heavy atom. The first-order valence-electron chi connectivity index (χ1n) is 7.36. The molecule has 0 N–H and O–H groups in total. The van der Waals surface area contributed by atoms with Crippen LogP contribution in [0.15, 0.2) is 18.2 Å². The SMILES string of the molecule is CCC(=O)N1CCN(c2ccc(OC)cc2OC)C(=O)[C@H]1C. The number of benzene rings is 1. The molecule has 1 atom stereocenters. The van der Waals surface area contributed by atoms with Gasteiger partial charge in [-0.15, -0.1) is 0 Å². The molecule has 2 amide bonds. The fourth-order valence-corrected chi connectivity index (χ4v) is 2.66. The molecular weight excluding hydrogens is 284 g/mol. The van der Waals surface area contributed by atoms with Crippen LogP contribution in [0.3, 0.4) is 0 Å². The summed E-state index contributed by atoms with van der Waals surface area (Å²) in [5.74, 6) is 1.15. The number of nitrogens with zero attached hydrogens (tertiary/aromatic N) is 2. The number of carbonyl (C=O) groups is 2. The molecule has 1 aromatic rings. The van der Waals surface area contributed by atoms with E-state index in [1.807, 2.05) is 0 Å². The molecule has 0 bridgehead atoms. The molecule has 1 saturated heterocycles. The van der Waals surface area contributed by atoms with E-state index in [0.717, 1.165) is 0 Å². The van der Waals surface area contributed by atoms with E-state index in [1.54, 1.807) is 56.1 Å². The molecular formula is C16H22N2O4. The van der Waals surface area contributed by atoms with Gasteiger partial charge in [0, 0.05) is 25.6 Å². The third kappa shape index (κ3) is 2.86. The van der Waals surface area contributed by atoms with Crippen molar-refractivity contribution in [2.45, 2.75) is 26.3 Å². The number of piperazine rings is 1. The largest absolute Gasteiger partial charge is 0.497 e. The lowest BCUT2D eigenvalue weighted by atomic mass is 10.1. The van der Waals surface area contributed by atoms with Gasteiger partial charge in [-0.2, -0.15) is 0 Å². The number of amides is 2. The van der Waals surface area contributed by atoms with Crippen LogP contribution >= 0.6 is 0 Å². The zero-order valence-corrected chi connectivity index (χ0v) is 13.5. The minimum absolute atomic E-state index is 0.00203. The molecule has 120 valence electrons. The summed E-state index contributed by atoms with van der Waals surface area (Å²) in [7, 11) is 3.14. The van der Waals surface area contributed by atoms with Gasteiger partial charge in [0.25, 0.3) is 0 Å². The number of anilines is 1. The minimum Gasteiger partial charge on any atom is -0.497 e. The quantitative estimate of drug-likeness (QED) is 0.849. The molecule has 0 unspecified atom stereocenters. The van der Waals surface area contributed by atoms with E-state index in [9.17, 15) is 9.59 Å². The number of hydrogen-bond donors (Lipinski definition) is 0. The van der Waals surface area contributed by atoms with E-state index in [-0.39, 0.29) is 11.8 Å². The Hall–Kier alpha value is -2.24. The van der Waals surface area contributed by atoms with Crippen LogP contribution in [0.5, 0.6) is 11.5 Å². The van der Waals surface area contributed by atoms with Crippen molar-refractivity contribution in [3.63, 3.8) is 0 Å². The summed E-state index contributed by atoms with van der Waals surface area (Å²) < 4.78 is 10.5. The van der Waals surface area contributed by atoms with Crippen molar-refractivity contribution in [1.82, 2.24) is 4.90 Å². The second-order valence-corrected chi connectivity index (χ2v) is 5.14. The monoisotopic (exact) mass is 306 g/mol. The van der Waals surface area contributed by atoms with Gasteiger partial charge in [0.15, 0.2) is 0 Å². The molecule has 2 rings (SSSR count). The van der Waals surface area contributed by atoms with E-state index in [2.05, 4.69) is 0 Å². The van der Waals surface area contributed by atoms with Crippen LogP contribution < -0.4 is 14.4 Å². The molecule has 1 aromatic carbocycles. The van der Waals surface area contributed by atoms with Crippen LogP contribution in [-0.4, -0.2) is 50.1 Å². The predicted molar refractivity (Wildman–Crippen MR) is 83.4 cm³/mol. The lowest BCUT2D eigenvalue weighted by Gasteiger charge is -2.39. The van der Waals surface area contributed by atoms with Crippen LogP contribution in [0.1, 0.15) is 20.3 Å². The van der Waals surface area contributed by atoms with Crippen molar-refractivity contribution < 1.29 is 19.1 Å². The van der Waals surface area contributed by atoms with E-state index in [4.69, 9.17) is 9.47 Å². The maximum atomic E-state index is 12.6. The van der Waals surface area contributed by atoms with Gasteiger partial charge in [-0.05, 0) is 19.1 Å². The maximum Gasteiger partial charge on any atom is 0.249 e. The average molecular weight is 306 g/mol. The van der Waals surface area contributed by atoms with Crippen LogP contribution in [0.4, 0.5) is 5.69 Å². The Morgan fingerprint density at radius 3 is 2.59 bits per heavy atom. The van der Waals surface area contributed by atoms with Gasteiger partial charge in [0.1, 0.15) is 17.5 Å². The predicted octanol–water partition coefficient (Wildman–Crippen LogP) is 1.68. The summed E-state index contributed by atoms with van der Waals surface area (Å²) in [6.45, 7) is 4.54. The second kappa shape index (κ2) is 6.68. The van der Waals surface area contributed by atoms with Gasteiger partial charge in [-0.1, -0.05) is 6.92 Å². The molecule has 1 fully saturated rings. The topological polar surface area (TPSA) is 59.1 Å². The molecule has 1 aliphatic heterocycles. The molecule has 6 nitrogen and oxygen atoms in total. The van der Waals surface area contributed by atoms with Gasteiger partial charge in [-0.3, -0.25) is 9.59 Å². The number of rotatable bonds is 4. The van der Waals surface area contributed by atoms with Crippen LogP contribution in [0.25, 0.3) is 0 Å². The van der Waals surface area contributed by atoms with E-state index < -0.39 is 6.04 Å².